The van der Waals surface area contributed by atoms with Crippen LogP contribution in [0.1, 0.15) is 10.4 Å². The van der Waals surface area contributed by atoms with Gasteiger partial charge in [0.1, 0.15) is 5.75 Å². The maximum absolute atomic E-state index is 12.5. The van der Waals surface area contributed by atoms with Crippen molar-refractivity contribution in [3.05, 3.63) is 42.0 Å². The van der Waals surface area contributed by atoms with Crippen molar-refractivity contribution in [3.63, 3.8) is 0 Å². The van der Waals surface area contributed by atoms with E-state index in [2.05, 4.69) is 11.9 Å². The Morgan fingerprint density at radius 2 is 1.80 bits per heavy atom. The van der Waals surface area contributed by atoms with Crippen molar-refractivity contribution in [2.24, 2.45) is 0 Å². The lowest BCUT2D eigenvalue weighted by Gasteiger charge is -2.32. The minimum atomic E-state index is -0.000784. The first-order valence-corrected chi connectivity index (χ1v) is 6.85. The third-order valence-electron chi connectivity index (χ3n) is 3.88. The zero-order valence-electron chi connectivity index (χ0n) is 11.5. The predicted octanol–water partition coefficient (Wildman–Crippen LogP) is 1.93. The second kappa shape index (κ2) is 5.13. The minimum Gasteiger partial charge on any atom is -0.507 e. The number of hydrogen-bond donors (Lipinski definition) is 1. The number of piperazine rings is 1. The Hall–Kier alpha value is -2.07. The number of fused-ring (bicyclic) bond motifs is 1. The van der Waals surface area contributed by atoms with Gasteiger partial charge < -0.3 is 14.9 Å². The van der Waals surface area contributed by atoms with E-state index in [1.165, 1.54) is 0 Å². The molecule has 4 heteroatoms. The molecule has 1 fully saturated rings. The van der Waals surface area contributed by atoms with Crippen molar-refractivity contribution in [2.45, 2.75) is 0 Å². The van der Waals surface area contributed by atoms with Gasteiger partial charge in [-0.15, -0.1) is 0 Å². The Balaban J connectivity index is 1.92. The molecule has 0 bridgehead atoms. The summed E-state index contributed by atoms with van der Waals surface area (Å²) in [5.74, 6) is 0.166. The van der Waals surface area contributed by atoms with Crippen LogP contribution in [0.4, 0.5) is 0 Å². The predicted molar refractivity (Wildman–Crippen MR) is 79.0 cm³/mol. The van der Waals surface area contributed by atoms with E-state index in [1.807, 2.05) is 35.2 Å². The van der Waals surface area contributed by atoms with Gasteiger partial charge in [-0.2, -0.15) is 0 Å². The summed E-state index contributed by atoms with van der Waals surface area (Å²) in [7, 11) is 2.06. The van der Waals surface area contributed by atoms with Crippen LogP contribution in [0.25, 0.3) is 10.8 Å². The summed E-state index contributed by atoms with van der Waals surface area (Å²) < 4.78 is 0. The first-order chi connectivity index (χ1) is 9.65. The molecule has 4 nitrogen and oxygen atoms in total. The smallest absolute Gasteiger partial charge is 0.254 e. The van der Waals surface area contributed by atoms with E-state index in [0.29, 0.717) is 5.56 Å². The van der Waals surface area contributed by atoms with Crippen molar-refractivity contribution < 1.29 is 9.90 Å². The van der Waals surface area contributed by atoms with Gasteiger partial charge in [-0.3, -0.25) is 4.79 Å². The van der Waals surface area contributed by atoms with E-state index in [0.717, 1.165) is 37.0 Å². The summed E-state index contributed by atoms with van der Waals surface area (Å²) in [5, 5.41) is 11.7. The normalized spacial score (nSPS) is 16.6. The fourth-order valence-electron chi connectivity index (χ4n) is 2.61. The summed E-state index contributed by atoms with van der Waals surface area (Å²) in [6.07, 6.45) is 0. The van der Waals surface area contributed by atoms with Gasteiger partial charge in [0.2, 0.25) is 0 Å². The highest BCUT2D eigenvalue weighted by atomic mass is 16.3. The Bertz CT molecular complexity index is 646. The summed E-state index contributed by atoms with van der Waals surface area (Å²) >= 11 is 0. The highest BCUT2D eigenvalue weighted by Gasteiger charge is 2.21. The van der Waals surface area contributed by atoms with E-state index >= 15 is 0 Å². The zero-order valence-corrected chi connectivity index (χ0v) is 11.5. The molecule has 20 heavy (non-hydrogen) atoms. The fraction of sp³-hybridized carbons (Fsp3) is 0.312. The molecular weight excluding hydrogens is 252 g/mol. The minimum absolute atomic E-state index is 0.000784. The van der Waals surface area contributed by atoms with Crippen LogP contribution < -0.4 is 0 Å². The third-order valence-corrected chi connectivity index (χ3v) is 3.88. The molecule has 0 saturated carbocycles. The van der Waals surface area contributed by atoms with Crippen molar-refractivity contribution in [2.75, 3.05) is 33.2 Å². The standard InChI is InChI=1S/C16H18N2O2/c1-17-6-8-18(9-7-17)16(20)13-10-12-4-2-3-5-14(12)15(19)11-13/h2-5,10-11,19H,6-9H2,1H3. The van der Waals surface area contributed by atoms with Crippen LogP contribution >= 0.6 is 0 Å². The first kappa shape index (κ1) is 12.9. The van der Waals surface area contributed by atoms with E-state index < -0.39 is 0 Å². The molecule has 1 saturated heterocycles. The van der Waals surface area contributed by atoms with Gasteiger partial charge in [0, 0.05) is 37.1 Å². The molecule has 1 N–H and O–H groups in total. The number of carbonyl (C=O) groups is 1. The highest BCUT2D eigenvalue weighted by molar-refractivity contribution is 6.00. The molecule has 2 aromatic rings. The molecule has 0 atom stereocenters. The van der Waals surface area contributed by atoms with Crippen LogP contribution in [0, 0.1) is 0 Å². The second-order valence-corrected chi connectivity index (χ2v) is 5.31. The van der Waals surface area contributed by atoms with Gasteiger partial charge in [-0.1, -0.05) is 24.3 Å². The lowest BCUT2D eigenvalue weighted by Crippen LogP contribution is -2.47. The van der Waals surface area contributed by atoms with Crippen LogP contribution in [0.5, 0.6) is 5.75 Å². The number of likely N-dealkylation sites (N-methyl/N-ethyl adjacent to an activating group) is 1. The molecule has 0 spiro atoms. The van der Waals surface area contributed by atoms with E-state index in [-0.39, 0.29) is 11.7 Å². The molecule has 0 unspecified atom stereocenters. The second-order valence-electron chi connectivity index (χ2n) is 5.31. The zero-order chi connectivity index (χ0) is 14.1. The summed E-state index contributed by atoms with van der Waals surface area (Å²) in [5.41, 5.74) is 0.561. The molecular formula is C16H18N2O2. The Labute approximate surface area is 118 Å². The van der Waals surface area contributed by atoms with Gasteiger partial charge in [0.25, 0.3) is 5.91 Å². The van der Waals surface area contributed by atoms with Gasteiger partial charge in [-0.25, -0.2) is 0 Å². The number of amides is 1. The molecule has 0 aromatic heterocycles. The van der Waals surface area contributed by atoms with E-state index in [9.17, 15) is 9.90 Å². The number of carbonyl (C=O) groups excluding carboxylic acids is 1. The third kappa shape index (κ3) is 2.34. The largest absolute Gasteiger partial charge is 0.507 e. The van der Waals surface area contributed by atoms with Crippen LogP contribution in [0.15, 0.2) is 36.4 Å². The average Bonchev–Trinajstić information content (AvgIpc) is 2.47. The number of benzene rings is 2. The molecule has 3 rings (SSSR count). The van der Waals surface area contributed by atoms with Crippen molar-refractivity contribution in [1.82, 2.24) is 9.80 Å². The molecule has 104 valence electrons. The molecule has 0 aliphatic carbocycles. The summed E-state index contributed by atoms with van der Waals surface area (Å²) in [4.78, 5) is 16.6. The Kier molecular flexibility index (Phi) is 3.32. The lowest BCUT2D eigenvalue weighted by molar-refractivity contribution is 0.0664. The SMILES string of the molecule is CN1CCN(C(=O)c2cc(O)c3ccccc3c2)CC1. The lowest BCUT2D eigenvalue weighted by atomic mass is 10.0. The summed E-state index contributed by atoms with van der Waals surface area (Å²) in [6, 6.07) is 11.0. The van der Waals surface area contributed by atoms with Gasteiger partial charge in [0.15, 0.2) is 0 Å². The fourth-order valence-corrected chi connectivity index (χ4v) is 2.61. The number of phenolic OH excluding ortho intramolecular Hbond substituents is 1. The monoisotopic (exact) mass is 270 g/mol. The van der Waals surface area contributed by atoms with Crippen molar-refractivity contribution >= 4 is 16.7 Å². The Morgan fingerprint density at radius 3 is 2.55 bits per heavy atom. The van der Waals surface area contributed by atoms with Crippen LogP contribution in [-0.2, 0) is 0 Å². The molecule has 1 heterocycles. The van der Waals surface area contributed by atoms with E-state index in [1.54, 1.807) is 6.07 Å². The topological polar surface area (TPSA) is 43.8 Å². The number of hydrogen-bond acceptors (Lipinski definition) is 3. The quantitative estimate of drug-likeness (QED) is 0.861. The van der Waals surface area contributed by atoms with Crippen molar-refractivity contribution in [3.8, 4) is 5.75 Å². The summed E-state index contributed by atoms with van der Waals surface area (Å²) in [6.45, 7) is 3.27. The number of rotatable bonds is 1. The highest BCUT2D eigenvalue weighted by Crippen LogP contribution is 2.27. The maximum atomic E-state index is 12.5. The van der Waals surface area contributed by atoms with Gasteiger partial charge >= 0.3 is 0 Å². The molecule has 1 aliphatic rings. The molecule has 2 aromatic carbocycles. The van der Waals surface area contributed by atoms with Crippen LogP contribution in [0.3, 0.4) is 0 Å². The van der Waals surface area contributed by atoms with Gasteiger partial charge in [0.05, 0.1) is 0 Å². The first-order valence-electron chi connectivity index (χ1n) is 6.85. The molecule has 0 radical (unpaired) electrons. The average molecular weight is 270 g/mol. The number of nitrogens with zero attached hydrogens (tertiary/aromatic N) is 2. The maximum Gasteiger partial charge on any atom is 0.254 e. The molecule has 1 aliphatic heterocycles. The van der Waals surface area contributed by atoms with Crippen LogP contribution in [0.2, 0.25) is 0 Å². The van der Waals surface area contributed by atoms with E-state index in [4.69, 9.17) is 0 Å². The molecule has 1 amide bonds. The Morgan fingerprint density at radius 1 is 1.10 bits per heavy atom. The number of aromatic hydroxyl groups is 1. The number of phenols is 1. The van der Waals surface area contributed by atoms with Crippen LogP contribution in [-0.4, -0.2) is 54.0 Å². The van der Waals surface area contributed by atoms with Crippen molar-refractivity contribution in [1.29, 1.82) is 0 Å². The van der Waals surface area contributed by atoms with Gasteiger partial charge in [-0.05, 0) is 24.6 Å².